The van der Waals surface area contributed by atoms with Crippen LogP contribution in [-0.2, 0) is 6.42 Å². The molecule has 0 saturated carbocycles. The van der Waals surface area contributed by atoms with Crippen LogP contribution in [0.25, 0.3) is 11.4 Å². The zero-order valence-corrected chi connectivity index (χ0v) is 16.2. The number of nitrogens with zero attached hydrogens (tertiary/aromatic N) is 3. The van der Waals surface area contributed by atoms with Crippen molar-refractivity contribution in [1.29, 1.82) is 0 Å². The van der Waals surface area contributed by atoms with Crippen LogP contribution < -0.4 is 5.32 Å². The molecule has 1 atom stereocenters. The number of benzene rings is 2. The Morgan fingerprint density at radius 2 is 2.07 bits per heavy atom. The van der Waals surface area contributed by atoms with E-state index in [-0.39, 0.29) is 12.1 Å². The minimum atomic E-state index is -0.194. The quantitative estimate of drug-likeness (QED) is 0.697. The van der Waals surface area contributed by atoms with Crippen molar-refractivity contribution in [2.75, 3.05) is 11.9 Å². The standard InChI is InChI=1S/C22H24N4O2/c1-3-16-9-11-18(12-10-16)23-22(27)26-13-5-8-19(26)21-24-20(25-28-21)17-7-4-6-15(2)14-17/h4,6-7,9-12,14,19H,3,5,8,13H2,1-2H3,(H,23,27)/t19-/m1/s1. The predicted octanol–water partition coefficient (Wildman–Crippen LogP) is 4.98. The van der Waals surface area contributed by atoms with Crippen LogP contribution in [0, 0.1) is 6.92 Å². The van der Waals surface area contributed by atoms with Crippen molar-refractivity contribution in [3.8, 4) is 11.4 Å². The van der Waals surface area contributed by atoms with E-state index < -0.39 is 0 Å². The Morgan fingerprint density at radius 3 is 2.82 bits per heavy atom. The first-order valence-electron chi connectivity index (χ1n) is 9.71. The van der Waals surface area contributed by atoms with Crippen molar-refractivity contribution >= 4 is 11.7 Å². The summed E-state index contributed by atoms with van der Waals surface area (Å²) in [7, 11) is 0. The summed E-state index contributed by atoms with van der Waals surface area (Å²) in [6.07, 6.45) is 2.70. The lowest BCUT2D eigenvalue weighted by Gasteiger charge is -2.22. The molecule has 1 aliphatic rings. The fourth-order valence-electron chi connectivity index (χ4n) is 3.56. The number of hydrogen-bond donors (Lipinski definition) is 1. The Labute approximate surface area is 164 Å². The molecule has 1 aliphatic heterocycles. The molecule has 0 radical (unpaired) electrons. The molecule has 3 aromatic rings. The number of amides is 2. The summed E-state index contributed by atoms with van der Waals surface area (Å²) >= 11 is 0. The van der Waals surface area contributed by atoms with Gasteiger partial charge in [-0.2, -0.15) is 4.98 Å². The van der Waals surface area contributed by atoms with Gasteiger partial charge in [0, 0.05) is 17.8 Å². The number of likely N-dealkylation sites (tertiary alicyclic amines) is 1. The van der Waals surface area contributed by atoms with Crippen LogP contribution in [-0.4, -0.2) is 27.6 Å². The monoisotopic (exact) mass is 376 g/mol. The highest BCUT2D eigenvalue weighted by Crippen LogP contribution is 2.32. The number of nitrogens with one attached hydrogen (secondary N) is 1. The highest BCUT2D eigenvalue weighted by Gasteiger charge is 2.34. The number of hydrogen-bond acceptors (Lipinski definition) is 4. The van der Waals surface area contributed by atoms with Crippen molar-refractivity contribution < 1.29 is 9.32 Å². The van der Waals surface area contributed by atoms with Gasteiger partial charge in [-0.05, 0) is 49.9 Å². The molecule has 0 bridgehead atoms. The molecular weight excluding hydrogens is 352 g/mol. The highest BCUT2D eigenvalue weighted by atomic mass is 16.5. The van der Waals surface area contributed by atoms with Gasteiger partial charge in [0.05, 0.1) is 0 Å². The van der Waals surface area contributed by atoms with E-state index in [9.17, 15) is 4.79 Å². The number of carbonyl (C=O) groups excluding carboxylic acids is 1. The molecule has 1 N–H and O–H groups in total. The highest BCUT2D eigenvalue weighted by molar-refractivity contribution is 5.89. The zero-order valence-electron chi connectivity index (χ0n) is 16.2. The molecule has 2 aromatic carbocycles. The van der Waals surface area contributed by atoms with Gasteiger partial charge in [0.1, 0.15) is 6.04 Å². The van der Waals surface area contributed by atoms with E-state index in [2.05, 4.69) is 22.4 Å². The second-order valence-corrected chi connectivity index (χ2v) is 7.16. The first-order valence-corrected chi connectivity index (χ1v) is 9.71. The molecule has 2 heterocycles. The molecule has 1 saturated heterocycles. The van der Waals surface area contributed by atoms with Gasteiger partial charge in [0.25, 0.3) is 0 Å². The number of aromatic nitrogens is 2. The molecule has 1 aromatic heterocycles. The molecule has 0 aliphatic carbocycles. The van der Waals surface area contributed by atoms with Gasteiger partial charge in [0.2, 0.25) is 11.7 Å². The summed E-state index contributed by atoms with van der Waals surface area (Å²) in [5, 5.41) is 7.10. The summed E-state index contributed by atoms with van der Waals surface area (Å²) in [5.41, 5.74) is 4.09. The van der Waals surface area contributed by atoms with Crippen LogP contribution in [0.5, 0.6) is 0 Å². The van der Waals surface area contributed by atoms with Gasteiger partial charge in [0.15, 0.2) is 0 Å². The van der Waals surface area contributed by atoms with Gasteiger partial charge >= 0.3 is 6.03 Å². The van der Waals surface area contributed by atoms with Crippen LogP contribution in [0.3, 0.4) is 0 Å². The molecule has 6 nitrogen and oxygen atoms in total. The maximum absolute atomic E-state index is 12.8. The Morgan fingerprint density at radius 1 is 1.25 bits per heavy atom. The third-order valence-corrected chi connectivity index (χ3v) is 5.13. The number of anilines is 1. The third-order valence-electron chi connectivity index (χ3n) is 5.13. The molecule has 2 amide bonds. The first-order chi connectivity index (χ1) is 13.6. The molecule has 28 heavy (non-hydrogen) atoms. The Bertz CT molecular complexity index is 965. The van der Waals surface area contributed by atoms with E-state index in [0.29, 0.717) is 18.3 Å². The third kappa shape index (κ3) is 3.76. The summed E-state index contributed by atoms with van der Waals surface area (Å²) < 4.78 is 5.52. The number of urea groups is 1. The predicted molar refractivity (Wildman–Crippen MR) is 108 cm³/mol. The maximum atomic E-state index is 12.8. The van der Waals surface area contributed by atoms with E-state index in [0.717, 1.165) is 36.1 Å². The lowest BCUT2D eigenvalue weighted by atomic mass is 10.1. The molecule has 1 fully saturated rings. The minimum Gasteiger partial charge on any atom is -0.337 e. The lowest BCUT2D eigenvalue weighted by Crippen LogP contribution is -2.34. The van der Waals surface area contributed by atoms with E-state index in [4.69, 9.17) is 4.52 Å². The van der Waals surface area contributed by atoms with Gasteiger partial charge < -0.3 is 14.7 Å². The Hall–Kier alpha value is -3.15. The second-order valence-electron chi connectivity index (χ2n) is 7.16. The number of rotatable bonds is 4. The molecule has 0 spiro atoms. The number of aryl methyl sites for hydroxylation is 2. The Balaban J connectivity index is 1.49. The van der Waals surface area contributed by atoms with Crippen molar-refractivity contribution in [1.82, 2.24) is 15.0 Å². The largest absolute Gasteiger partial charge is 0.337 e. The number of carbonyl (C=O) groups is 1. The Kier molecular flexibility index (Phi) is 5.10. The minimum absolute atomic E-state index is 0.137. The fraction of sp³-hybridized carbons (Fsp3) is 0.318. The smallest absolute Gasteiger partial charge is 0.322 e. The normalized spacial score (nSPS) is 16.4. The van der Waals surface area contributed by atoms with E-state index in [1.807, 2.05) is 55.5 Å². The van der Waals surface area contributed by atoms with E-state index in [1.165, 1.54) is 5.56 Å². The topological polar surface area (TPSA) is 71.3 Å². The summed E-state index contributed by atoms with van der Waals surface area (Å²) in [6.45, 7) is 4.81. The molecular formula is C22H24N4O2. The average Bonchev–Trinajstić information content (AvgIpc) is 3.38. The van der Waals surface area contributed by atoms with E-state index in [1.54, 1.807) is 4.90 Å². The van der Waals surface area contributed by atoms with Crippen LogP contribution in [0.1, 0.15) is 42.8 Å². The SMILES string of the molecule is CCc1ccc(NC(=O)N2CCC[C@@H]2c2nc(-c3cccc(C)c3)no2)cc1. The fourth-order valence-corrected chi connectivity index (χ4v) is 3.56. The van der Waals surface area contributed by atoms with Crippen LogP contribution in [0.15, 0.2) is 53.1 Å². The van der Waals surface area contributed by atoms with Crippen LogP contribution >= 0.6 is 0 Å². The second kappa shape index (κ2) is 7.84. The lowest BCUT2D eigenvalue weighted by molar-refractivity contribution is 0.193. The van der Waals surface area contributed by atoms with Crippen molar-refractivity contribution in [3.05, 3.63) is 65.5 Å². The maximum Gasteiger partial charge on any atom is 0.322 e. The van der Waals surface area contributed by atoms with E-state index >= 15 is 0 Å². The molecule has 144 valence electrons. The molecule has 0 unspecified atom stereocenters. The van der Waals surface area contributed by atoms with Crippen LogP contribution in [0.4, 0.5) is 10.5 Å². The van der Waals surface area contributed by atoms with Gasteiger partial charge in [-0.25, -0.2) is 4.79 Å². The van der Waals surface area contributed by atoms with Crippen LogP contribution in [0.2, 0.25) is 0 Å². The summed E-state index contributed by atoms with van der Waals surface area (Å²) in [6, 6.07) is 15.6. The zero-order chi connectivity index (χ0) is 19.5. The van der Waals surface area contributed by atoms with Gasteiger partial charge in [-0.3, -0.25) is 0 Å². The molecule has 6 heteroatoms. The van der Waals surface area contributed by atoms with Gasteiger partial charge in [-0.15, -0.1) is 0 Å². The average molecular weight is 376 g/mol. The summed E-state index contributed by atoms with van der Waals surface area (Å²) in [5.74, 6) is 1.05. The summed E-state index contributed by atoms with van der Waals surface area (Å²) in [4.78, 5) is 19.1. The first kappa shape index (κ1) is 18.2. The van der Waals surface area contributed by atoms with Crippen molar-refractivity contribution in [3.63, 3.8) is 0 Å². The molecule has 4 rings (SSSR count). The van der Waals surface area contributed by atoms with Crippen molar-refractivity contribution in [2.24, 2.45) is 0 Å². The van der Waals surface area contributed by atoms with Gasteiger partial charge in [-0.1, -0.05) is 48.0 Å². The van der Waals surface area contributed by atoms with Crippen molar-refractivity contribution in [2.45, 2.75) is 39.2 Å².